The van der Waals surface area contributed by atoms with E-state index < -0.39 is 0 Å². The smallest absolute Gasteiger partial charge is 0.00696 e. The van der Waals surface area contributed by atoms with Gasteiger partial charge in [0.15, 0.2) is 0 Å². The highest BCUT2D eigenvalue weighted by molar-refractivity contribution is 4.74. The van der Waals surface area contributed by atoms with Gasteiger partial charge in [-0.15, -0.1) is 0 Å². The minimum atomic E-state index is 0.810. The van der Waals surface area contributed by atoms with Crippen LogP contribution in [0.2, 0.25) is 0 Å². The number of hydrogen-bond acceptors (Lipinski definition) is 1. The highest BCUT2D eigenvalue weighted by Gasteiger charge is 2.18. The van der Waals surface area contributed by atoms with Crippen LogP contribution in [-0.4, -0.2) is 12.6 Å². The van der Waals surface area contributed by atoms with Crippen molar-refractivity contribution >= 4 is 0 Å². The van der Waals surface area contributed by atoms with Crippen molar-refractivity contribution in [1.82, 2.24) is 5.32 Å². The van der Waals surface area contributed by atoms with Gasteiger partial charge in [-0.05, 0) is 31.7 Å². The third-order valence-corrected chi connectivity index (χ3v) is 4.43. The van der Waals surface area contributed by atoms with E-state index in [1.165, 1.54) is 83.6 Å². The molecule has 1 fully saturated rings. The number of nitrogens with one attached hydrogen (secondary N) is 1. The van der Waals surface area contributed by atoms with Crippen LogP contribution in [-0.2, 0) is 0 Å². The van der Waals surface area contributed by atoms with Crippen LogP contribution in [0.3, 0.4) is 0 Å². The molecule has 0 radical (unpaired) electrons. The minimum absolute atomic E-state index is 0.810. The second-order valence-electron chi connectivity index (χ2n) is 6.24. The Bertz CT molecular complexity index is 172. The van der Waals surface area contributed by atoms with Gasteiger partial charge < -0.3 is 5.32 Å². The van der Waals surface area contributed by atoms with E-state index in [-0.39, 0.29) is 0 Å². The number of hydrogen-bond donors (Lipinski definition) is 1. The van der Waals surface area contributed by atoms with Crippen molar-refractivity contribution in [3.8, 4) is 0 Å². The van der Waals surface area contributed by atoms with Gasteiger partial charge in [0.25, 0.3) is 0 Å². The Labute approximate surface area is 115 Å². The number of rotatable bonds is 10. The van der Waals surface area contributed by atoms with Gasteiger partial charge in [-0.3, -0.25) is 0 Å². The number of unbranched alkanes of at least 4 members (excludes halogenated alkanes) is 3. The maximum Gasteiger partial charge on any atom is 0.00696 e. The van der Waals surface area contributed by atoms with Gasteiger partial charge >= 0.3 is 0 Å². The molecule has 0 saturated heterocycles. The molecule has 108 valence electrons. The second kappa shape index (κ2) is 10.8. The molecule has 1 unspecified atom stereocenters. The zero-order valence-electron chi connectivity index (χ0n) is 12.8. The topological polar surface area (TPSA) is 12.0 Å². The van der Waals surface area contributed by atoms with Crippen LogP contribution in [0.4, 0.5) is 0 Å². The standard InChI is InChI=1S/C17H35N/c1-3-5-6-10-13-17(18-14-4-2)15-16-11-8-7-9-12-16/h16-18H,3-15H2,1-2H3. The summed E-state index contributed by atoms with van der Waals surface area (Å²) in [5, 5.41) is 3.79. The van der Waals surface area contributed by atoms with Gasteiger partial charge in [0.2, 0.25) is 0 Å². The molecule has 18 heavy (non-hydrogen) atoms. The SMILES string of the molecule is CCCCCCC(CC1CCCCC1)NCCC. The molecule has 0 aromatic carbocycles. The molecule has 0 aromatic heterocycles. The van der Waals surface area contributed by atoms with Gasteiger partial charge in [-0.1, -0.05) is 71.6 Å². The lowest BCUT2D eigenvalue weighted by Gasteiger charge is -2.27. The molecule has 1 atom stereocenters. The molecule has 0 heterocycles. The Balaban J connectivity index is 2.20. The van der Waals surface area contributed by atoms with Crippen molar-refractivity contribution in [3.63, 3.8) is 0 Å². The highest BCUT2D eigenvalue weighted by Crippen LogP contribution is 2.28. The summed E-state index contributed by atoms with van der Waals surface area (Å²) in [5.74, 6) is 1.03. The van der Waals surface area contributed by atoms with Crippen molar-refractivity contribution in [2.24, 2.45) is 5.92 Å². The van der Waals surface area contributed by atoms with Gasteiger partial charge in [-0.2, -0.15) is 0 Å². The van der Waals surface area contributed by atoms with E-state index in [0.717, 1.165) is 12.0 Å². The summed E-state index contributed by atoms with van der Waals surface area (Å²) in [6.45, 7) is 5.79. The zero-order chi connectivity index (χ0) is 13.1. The molecule has 1 N–H and O–H groups in total. The summed E-state index contributed by atoms with van der Waals surface area (Å²) >= 11 is 0. The Morgan fingerprint density at radius 1 is 0.944 bits per heavy atom. The summed E-state index contributed by atoms with van der Waals surface area (Å²) in [7, 11) is 0. The van der Waals surface area contributed by atoms with E-state index in [0.29, 0.717) is 0 Å². The summed E-state index contributed by atoms with van der Waals surface area (Å²) in [4.78, 5) is 0. The van der Waals surface area contributed by atoms with Crippen LogP contribution in [0.5, 0.6) is 0 Å². The molecule has 1 saturated carbocycles. The van der Waals surface area contributed by atoms with Crippen molar-refractivity contribution in [1.29, 1.82) is 0 Å². The lowest BCUT2D eigenvalue weighted by Crippen LogP contribution is -2.32. The lowest BCUT2D eigenvalue weighted by molar-refractivity contribution is 0.287. The first-order chi connectivity index (χ1) is 8.86. The Morgan fingerprint density at radius 3 is 2.39 bits per heavy atom. The highest BCUT2D eigenvalue weighted by atomic mass is 14.9. The quantitative estimate of drug-likeness (QED) is 0.521. The van der Waals surface area contributed by atoms with Gasteiger partial charge in [0.1, 0.15) is 0 Å². The Morgan fingerprint density at radius 2 is 1.72 bits per heavy atom. The summed E-state index contributed by atoms with van der Waals surface area (Å²) in [6.07, 6.45) is 17.2. The van der Waals surface area contributed by atoms with E-state index >= 15 is 0 Å². The first-order valence-corrected chi connectivity index (χ1v) is 8.60. The Kier molecular flexibility index (Phi) is 9.65. The second-order valence-corrected chi connectivity index (χ2v) is 6.24. The van der Waals surface area contributed by atoms with Crippen LogP contribution >= 0.6 is 0 Å². The van der Waals surface area contributed by atoms with Crippen molar-refractivity contribution in [2.75, 3.05) is 6.54 Å². The molecule has 0 spiro atoms. The fraction of sp³-hybridized carbons (Fsp3) is 1.00. The molecular weight excluding hydrogens is 218 g/mol. The molecule has 0 bridgehead atoms. The van der Waals surface area contributed by atoms with Gasteiger partial charge in [0, 0.05) is 6.04 Å². The summed E-state index contributed by atoms with van der Waals surface area (Å²) < 4.78 is 0. The van der Waals surface area contributed by atoms with Crippen LogP contribution < -0.4 is 5.32 Å². The molecule has 1 aliphatic carbocycles. The molecule has 1 nitrogen and oxygen atoms in total. The van der Waals surface area contributed by atoms with Crippen molar-refractivity contribution < 1.29 is 0 Å². The predicted molar refractivity (Wildman–Crippen MR) is 82.0 cm³/mol. The molecule has 0 amide bonds. The minimum Gasteiger partial charge on any atom is -0.314 e. The van der Waals surface area contributed by atoms with E-state index in [9.17, 15) is 0 Å². The normalized spacial score (nSPS) is 19.0. The molecule has 0 aromatic rings. The largest absolute Gasteiger partial charge is 0.314 e. The monoisotopic (exact) mass is 253 g/mol. The molecule has 0 aliphatic heterocycles. The average Bonchev–Trinajstić information content (AvgIpc) is 2.41. The van der Waals surface area contributed by atoms with Crippen molar-refractivity contribution in [3.05, 3.63) is 0 Å². The maximum absolute atomic E-state index is 3.79. The van der Waals surface area contributed by atoms with E-state index in [2.05, 4.69) is 19.2 Å². The molecular formula is C17H35N. The molecule has 1 heteroatoms. The Hall–Kier alpha value is -0.0400. The van der Waals surface area contributed by atoms with E-state index in [1.807, 2.05) is 0 Å². The third-order valence-electron chi connectivity index (χ3n) is 4.43. The lowest BCUT2D eigenvalue weighted by atomic mass is 9.84. The van der Waals surface area contributed by atoms with Crippen LogP contribution in [0.1, 0.15) is 90.9 Å². The fourth-order valence-corrected chi connectivity index (χ4v) is 3.29. The summed E-state index contributed by atoms with van der Waals surface area (Å²) in [5.41, 5.74) is 0. The van der Waals surface area contributed by atoms with Crippen LogP contribution in [0.15, 0.2) is 0 Å². The van der Waals surface area contributed by atoms with Crippen LogP contribution in [0.25, 0.3) is 0 Å². The fourth-order valence-electron chi connectivity index (χ4n) is 3.29. The van der Waals surface area contributed by atoms with Crippen LogP contribution in [0, 0.1) is 5.92 Å². The molecule has 1 aliphatic rings. The summed E-state index contributed by atoms with van der Waals surface area (Å²) in [6, 6.07) is 0.810. The maximum atomic E-state index is 3.79. The molecule has 1 rings (SSSR count). The van der Waals surface area contributed by atoms with Gasteiger partial charge in [-0.25, -0.2) is 0 Å². The van der Waals surface area contributed by atoms with Gasteiger partial charge in [0.05, 0.1) is 0 Å². The predicted octanol–water partition coefficient (Wildman–Crippen LogP) is 5.30. The zero-order valence-corrected chi connectivity index (χ0v) is 12.8. The first kappa shape index (κ1) is 16.0. The van der Waals surface area contributed by atoms with Crippen molar-refractivity contribution in [2.45, 2.75) is 96.9 Å². The van der Waals surface area contributed by atoms with E-state index in [1.54, 1.807) is 0 Å². The third kappa shape index (κ3) is 7.41. The average molecular weight is 253 g/mol. The first-order valence-electron chi connectivity index (χ1n) is 8.60. The van der Waals surface area contributed by atoms with E-state index in [4.69, 9.17) is 0 Å².